The standard InChI is InChI=1S/C19H29N9O/c1-25(2)11-17-14-7-13(16-5-3-4-6-27(16)17)9-26(10-14)19(29)15-8-18(22-21-15)28-12-20-23-24-28/h8,12-14,16-17H,3-7,9-11H2,1-2H3,(H,21,22)/t13-,14+,16+,17+/m1/s1. The first-order valence-corrected chi connectivity index (χ1v) is 10.6. The Labute approximate surface area is 170 Å². The van der Waals surface area contributed by atoms with Crippen LogP contribution in [-0.4, -0.2) is 103 Å². The van der Waals surface area contributed by atoms with Crippen LogP contribution >= 0.6 is 0 Å². The predicted octanol–water partition coefficient (Wildman–Crippen LogP) is 0.262. The number of hydrogen-bond donors (Lipinski definition) is 1. The van der Waals surface area contributed by atoms with Crippen LogP contribution in [0.15, 0.2) is 12.4 Å². The van der Waals surface area contributed by atoms with Crippen LogP contribution in [0.25, 0.3) is 5.82 Å². The molecule has 10 heteroatoms. The number of carbonyl (C=O) groups is 1. The second-order valence-electron chi connectivity index (χ2n) is 8.99. The van der Waals surface area contributed by atoms with Crippen molar-refractivity contribution in [3.63, 3.8) is 0 Å². The van der Waals surface area contributed by atoms with Gasteiger partial charge in [0.1, 0.15) is 12.0 Å². The molecule has 3 saturated heterocycles. The zero-order chi connectivity index (χ0) is 20.0. The van der Waals surface area contributed by atoms with Gasteiger partial charge in [-0.25, -0.2) is 0 Å². The van der Waals surface area contributed by atoms with Gasteiger partial charge in [0, 0.05) is 37.8 Å². The van der Waals surface area contributed by atoms with Crippen molar-refractivity contribution in [1.82, 2.24) is 45.1 Å². The highest BCUT2D eigenvalue weighted by Gasteiger charge is 2.48. The van der Waals surface area contributed by atoms with Crippen molar-refractivity contribution >= 4 is 5.91 Å². The van der Waals surface area contributed by atoms with Gasteiger partial charge in [-0.2, -0.15) is 9.78 Å². The van der Waals surface area contributed by atoms with Crippen LogP contribution in [0.2, 0.25) is 0 Å². The molecular formula is C19H29N9O. The number of rotatable bonds is 4. The van der Waals surface area contributed by atoms with Gasteiger partial charge in [-0.1, -0.05) is 6.42 Å². The molecule has 1 N–H and O–H groups in total. The molecule has 4 atom stereocenters. The molecule has 10 nitrogen and oxygen atoms in total. The molecule has 0 aliphatic carbocycles. The zero-order valence-electron chi connectivity index (χ0n) is 17.1. The van der Waals surface area contributed by atoms with Crippen LogP contribution in [0.1, 0.15) is 36.2 Å². The fraction of sp³-hybridized carbons (Fsp3) is 0.737. The van der Waals surface area contributed by atoms with Gasteiger partial charge >= 0.3 is 0 Å². The fourth-order valence-electron chi connectivity index (χ4n) is 5.67. The van der Waals surface area contributed by atoms with Gasteiger partial charge in [-0.3, -0.25) is 14.8 Å². The van der Waals surface area contributed by atoms with E-state index in [0.717, 1.165) is 19.6 Å². The number of likely N-dealkylation sites (tertiary alicyclic amines) is 1. The lowest BCUT2D eigenvalue weighted by molar-refractivity contribution is -0.0703. The monoisotopic (exact) mass is 399 g/mol. The number of nitrogens with one attached hydrogen (secondary N) is 1. The zero-order valence-corrected chi connectivity index (χ0v) is 17.1. The summed E-state index contributed by atoms with van der Waals surface area (Å²) in [6.45, 7) is 3.92. The Morgan fingerprint density at radius 1 is 1.28 bits per heavy atom. The van der Waals surface area contributed by atoms with Crippen molar-refractivity contribution < 1.29 is 4.79 Å². The normalized spacial score (nSPS) is 29.8. The highest BCUT2D eigenvalue weighted by molar-refractivity contribution is 5.92. The minimum atomic E-state index is 0.0272. The Hall–Kier alpha value is -2.33. The summed E-state index contributed by atoms with van der Waals surface area (Å²) in [5.74, 6) is 1.65. The van der Waals surface area contributed by atoms with Gasteiger partial charge in [0.25, 0.3) is 5.91 Å². The van der Waals surface area contributed by atoms with Gasteiger partial charge in [0.05, 0.1) is 0 Å². The Balaban J connectivity index is 1.36. The molecule has 3 aliphatic rings. The maximum Gasteiger partial charge on any atom is 0.271 e. The van der Waals surface area contributed by atoms with E-state index < -0.39 is 0 Å². The Morgan fingerprint density at radius 2 is 2.14 bits per heavy atom. The molecule has 3 fully saturated rings. The summed E-state index contributed by atoms with van der Waals surface area (Å²) in [4.78, 5) is 20.4. The third-order valence-corrected chi connectivity index (χ3v) is 6.84. The lowest BCUT2D eigenvalue weighted by Crippen LogP contribution is -2.65. The smallest absolute Gasteiger partial charge is 0.271 e. The van der Waals surface area contributed by atoms with Gasteiger partial charge < -0.3 is 9.80 Å². The van der Waals surface area contributed by atoms with E-state index in [2.05, 4.69) is 49.6 Å². The van der Waals surface area contributed by atoms with Crippen molar-refractivity contribution in [2.24, 2.45) is 11.8 Å². The number of tetrazole rings is 1. The highest BCUT2D eigenvalue weighted by atomic mass is 16.2. The molecule has 29 heavy (non-hydrogen) atoms. The number of amides is 1. The number of carbonyl (C=O) groups excluding carboxylic acids is 1. The van der Waals surface area contributed by atoms with E-state index in [1.807, 2.05) is 4.90 Å². The fourth-order valence-corrected chi connectivity index (χ4v) is 5.67. The molecule has 2 aromatic heterocycles. The van der Waals surface area contributed by atoms with Crippen molar-refractivity contribution in [2.75, 3.05) is 40.3 Å². The molecule has 5 heterocycles. The Morgan fingerprint density at radius 3 is 2.93 bits per heavy atom. The highest BCUT2D eigenvalue weighted by Crippen LogP contribution is 2.41. The van der Waals surface area contributed by atoms with Crippen LogP contribution in [0, 0.1) is 11.8 Å². The number of fused-ring (bicyclic) bond motifs is 4. The van der Waals surface area contributed by atoms with Crippen LogP contribution in [-0.2, 0) is 0 Å². The molecule has 3 aliphatic heterocycles. The lowest BCUT2D eigenvalue weighted by Gasteiger charge is -2.57. The summed E-state index contributed by atoms with van der Waals surface area (Å²) in [5.41, 5.74) is 0.500. The molecule has 0 aromatic carbocycles. The third kappa shape index (κ3) is 3.44. The number of H-pyrrole nitrogens is 1. The molecule has 5 rings (SSSR count). The molecule has 1 amide bonds. The largest absolute Gasteiger partial charge is 0.337 e. The number of nitrogens with zero attached hydrogens (tertiary/aromatic N) is 8. The topological polar surface area (TPSA) is 99.1 Å². The van der Waals surface area contributed by atoms with Crippen molar-refractivity contribution in [1.29, 1.82) is 0 Å². The van der Waals surface area contributed by atoms with Crippen molar-refractivity contribution in [3.8, 4) is 5.82 Å². The first-order chi connectivity index (χ1) is 14.1. The van der Waals surface area contributed by atoms with Gasteiger partial charge in [-0.15, -0.1) is 5.10 Å². The maximum atomic E-state index is 13.3. The molecule has 0 unspecified atom stereocenters. The summed E-state index contributed by atoms with van der Waals surface area (Å²) < 4.78 is 1.45. The summed E-state index contributed by atoms with van der Waals surface area (Å²) in [6.07, 6.45) is 6.58. The maximum absolute atomic E-state index is 13.3. The van der Waals surface area contributed by atoms with Gasteiger partial charge in [0.15, 0.2) is 5.82 Å². The van der Waals surface area contributed by atoms with Crippen LogP contribution in [0.4, 0.5) is 0 Å². The molecule has 0 spiro atoms. The molecule has 2 bridgehead atoms. The van der Waals surface area contributed by atoms with Crippen molar-refractivity contribution in [2.45, 2.75) is 37.8 Å². The van der Waals surface area contributed by atoms with Crippen LogP contribution < -0.4 is 0 Å². The molecule has 0 saturated carbocycles. The molecule has 156 valence electrons. The van der Waals surface area contributed by atoms with E-state index in [1.54, 1.807) is 6.07 Å². The van der Waals surface area contributed by atoms with Crippen molar-refractivity contribution in [3.05, 3.63) is 18.1 Å². The van der Waals surface area contributed by atoms with E-state index in [1.165, 1.54) is 43.2 Å². The molecular weight excluding hydrogens is 370 g/mol. The minimum Gasteiger partial charge on any atom is -0.337 e. The summed E-state index contributed by atoms with van der Waals surface area (Å²) in [6, 6.07) is 2.87. The number of hydrogen-bond acceptors (Lipinski definition) is 7. The second kappa shape index (κ2) is 7.49. The average Bonchev–Trinajstić information content (AvgIpc) is 3.42. The quantitative estimate of drug-likeness (QED) is 0.787. The van der Waals surface area contributed by atoms with E-state index in [9.17, 15) is 4.79 Å². The van der Waals surface area contributed by atoms with E-state index in [4.69, 9.17) is 0 Å². The SMILES string of the molecule is CN(C)C[C@H]1[C@H]2C[C@H](CN(C(=O)c3cc(-n4cnnn4)n[nH]3)C2)[C@@H]2CCCCN21. The number of aromatic nitrogens is 6. The molecule has 2 aromatic rings. The summed E-state index contributed by atoms with van der Waals surface area (Å²) in [5, 5.41) is 18.2. The summed E-state index contributed by atoms with van der Waals surface area (Å²) >= 11 is 0. The van der Waals surface area contributed by atoms with Gasteiger partial charge in [0.2, 0.25) is 0 Å². The predicted molar refractivity (Wildman–Crippen MR) is 105 cm³/mol. The first kappa shape index (κ1) is 18.7. The third-order valence-electron chi connectivity index (χ3n) is 6.84. The lowest BCUT2D eigenvalue weighted by atomic mass is 9.72. The Kier molecular flexibility index (Phi) is 4.83. The first-order valence-electron chi connectivity index (χ1n) is 10.6. The number of likely N-dealkylation sites (N-methyl/N-ethyl adjacent to an activating group) is 1. The second-order valence-corrected chi connectivity index (χ2v) is 8.99. The molecule has 0 radical (unpaired) electrons. The number of aromatic amines is 1. The summed E-state index contributed by atoms with van der Waals surface area (Å²) in [7, 11) is 4.31. The average molecular weight is 400 g/mol. The number of piperidine rings is 3. The van der Waals surface area contributed by atoms with E-state index in [-0.39, 0.29) is 5.91 Å². The van der Waals surface area contributed by atoms with Crippen LogP contribution in [0.3, 0.4) is 0 Å². The van der Waals surface area contributed by atoms with E-state index in [0.29, 0.717) is 35.4 Å². The van der Waals surface area contributed by atoms with Crippen LogP contribution in [0.5, 0.6) is 0 Å². The Bertz CT molecular complexity index is 848. The van der Waals surface area contributed by atoms with E-state index >= 15 is 0 Å². The van der Waals surface area contributed by atoms with Gasteiger partial charge in [-0.05, 0) is 62.2 Å². The minimum absolute atomic E-state index is 0.0272.